The fourth-order valence-electron chi connectivity index (χ4n) is 2.68. The molecule has 3 N–H and O–H groups in total. The first-order valence-electron chi connectivity index (χ1n) is 6.82. The number of nitrogens with one attached hydrogen (secondary N) is 1. The Labute approximate surface area is 123 Å². The molecule has 1 aliphatic rings. The van der Waals surface area contributed by atoms with Crippen molar-refractivity contribution in [2.24, 2.45) is 5.92 Å². The molecule has 1 aromatic carbocycles. The number of aromatic carboxylic acids is 1. The summed E-state index contributed by atoms with van der Waals surface area (Å²) in [6.45, 7) is 1.74. The summed E-state index contributed by atoms with van der Waals surface area (Å²) in [6, 6.07) is 4.20. The average molecular weight is 313 g/mol. The SMILES string of the molecule is Cc1c(C(=O)O)cccc1S(=O)(=O)NCC1CCC(O)C1. The van der Waals surface area contributed by atoms with Gasteiger partial charge in [0.1, 0.15) is 0 Å². The number of benzene rings is 1. The molecule has 1 fully saturated rings. The van der Waals surface area contributed by atoms with Crippen LogP contribution in [0.1, 0.15) is 35.2 Å². The Morgan fingerprint density at radius 2 is 2.10 bits per heavy atom. The number of carbonyl (C=O) groups is 1. The first-order chi connectivity index (χ1) is 9.81. The van der Waals surface area contributed by atoms with E-state index in [1.54, 1.807) is 0 Å². The highest BCUT2D eigenvalue weighted by molar-refractivity contribution is 7.89. The standard InChI is InChI=1S/C14H19NO5S/c1-9-12(14(17)18)3-2-4-13(9)21(19,20)15-8-10-5-6-11(16)7-10/h2-4,10-11,15-16H,5-8H2,1H3,(H,17,18). The molecule has 0 bridgehead atoms. The van der Waals surface area contributed by atoms with Crippen molar-refractivity contribution in [2.45, 2.75) is 37.2 Å². The summed E-state index contributed by atoms with van der Waals surface area (Å²) in [5.74, 6) is -1.03. The third-order valence-electron chi connectivity index (χ3n) is 3.88. The van der Waals surface area contributed by atoms with E-state index < -0.39 is 16.0 Å². The first-order valence-corrected chi connectivity index (χ1v) is 8.30. The monoisotopic (exact) mass is 313 g/mol. The molecule has 0 aromatic heterocycles. The van der Waals surface area contributed by atoms with Crippen molar-refractivity contribution in [1.29, 1.82) is 0 Å². The van der Waals surface area contributed by atoms with Crippen molar-refractivity contribution in [3.63, 3.8) is 0 Å². The van der Waals surface area contributed by atoms with Crippen LogP contribution in [0.15, 0.2) is 23.1 Å². The summed E-state index contributed by atoms with van der Waals surface area (Å²) < 4.78 is 27.1. The normalized spacial score (nSPS) is 22.4. The second-order valence-electron chi connectivity index (χ2n) is 5.42. The van der Waals surface area contributed by atoms with E-state index in [0.717, 1.165) is 6.42 Å². The average Bonchev–Trinajstić information content (AvgIpc) is 2.82. The van der Waals surface area contributed by atoms with E-state index in [1.807, 2.05) is 0 Å². The van der Waals surface area contributed by atoms with Crippen LogP contribution in [0.3, 0.4) is 0 Å². The third-order valence-corrected chi connectivity index (χ3v) is 5.45. The molecule has 0 radical (unpaired) electrons. The van der Waals surface area contributed by atoms with E-state index in [-0.39, 0.29) is 34.6 Å². The number of carboxylic acid groups (broad SMARTS) is 1. The molecular formula is C14H19NO5S. The van der Waals surface area contributed by atoms with Crippen molar-refractivity contribution in [2.75, 3.05) is 6.54 Å². The number of sulfonamides is 1. The van der Waals surface area contributed by atoms with Gasteiger partial charge in [0.25, 0.3) is 0 Å². The molecule has 1 aromatic rings. The van der Waals surface area contributed by atoms with Gasteiger partial charge >= 0.3 is 5.97 Å². The number of aliphatic hydroxyl groups excluding tert-OH is 1. The van der Waals surface area contributed by atoms with Crippen LogP contribution in [0.25, 0.3) is 0 Å². The van der Waals surface area contributed by atoms with Gasteiger partial charge in [-0.05, 0) is 49.8 Å². The molecular weight excluding hydrogens is 294 g/mol. The molecule has 1 aliphatic carbocycles. The van der Waals surface area contributed by atoms with Crippen LogP contribution < -0.4 is 4.72 Å². The first kappa shape index (κ1) is 15.9. The zero-order chi connectivity index (χ0) is 15.6. The lowest BCUT2D eigenvalue weighted by molar-refractivity contribution is 0.0695. The minimum absolute atomic E-state index is 0.0130. The number of hydrogen-bond donors (Lipinski definition) is 3. The molecule has 0 heterocycles. The maximum absolute atomic E-state index is 12.3. The Morgan fingerprint density at radius 1 is 1.38 bits per heavy atom. The van der Waals surface area contributed by atoms with Crippen LogP contribution in [0, 0.1) is 12.8 Å². The quantitative estimate of drug-likeness (QED) is 0.756. The Hall–Kier alpha value is -1.44. The Morgan fingerprint density at radius 3 is 2.67 bits per heavy atom. The summed E-state index contributed by atoms with van der Waals surface area (Å²) >= 11 is 0. The summed E-state index contributed by atoms with van der Waals surface area (Å²) in [5, 5.41) is 18.5. The van der Waals surface area contributed by atoms with E-state index in [9.17, 15) is 18.3 Å². The van der Waals surface area contributed by atoms with Crippen molar-refractivity contribution in [3.05, 3.63) is 29.3 Å². The van der Waals surface area contributed by atoms with E-state index in [2.05, 4.69) is 4.72 Å². The van der Waals surface area contributed by atoms with Gasteiger partial charge < -0.3 is 10.2 Å². The Kier molecular flexibility index (Phi) is 4.65. The zero-order valence-electron chi connectivity index (χ0n) is 11.7. The molecule has 2 atom stereocenters. The molecule has 0 aliphatic heterocycles. The lowest BCUT2D eigenvalue weighted by Gasteiger charge is -2.13. The molecule has 7 heteroatoms. The lowest BCUT2D eigenvalue weighted by Crippen LogP contribution is -2.29. The number of hydrogen-bond acceptors (Lipinski definition) is 4. The van der Waals surface area contributed by atoms with Gasteiger partial charge in [-0.15, -0.1) is 0 Å². The largest absolute Gasteiger partial charge is 0.478 e. The summed E-state index contributed by atoms with van der Waals surface area (Å²) in [4.78, 5) is 11.0. The summed E-state index contributed by atoms with van der Waals surface area (Å²) in [7, 11) is -3.75. The molecule has 2 unspecified atom stereocenters. The molecule has 0 amide bonds. The van der Waals surface area contributed by atoms with Crippen molar-refractivity contribution in [3.8, 4) is 0 Å². The summed E-state index contributed by atoms with van der Waals surface area (Å²) in [5.41, 5.74) is 0.207. The maximum atomic E-state index is 12.3. The number of rotatable bonds is 5. The predicted octanol–water partition coefficient (Wildman–Crippen LogP) is 1.13. The third kappa shape index (κ3) is 3.61. The molecule has 2 rings (SSSR count). The van der Waals surface area contributed by atoms with Crippen molar-refractivity contribution >= 4 is 16.0 Å². The van der Waals surface area contributed by atoms with Gasteiger partial charge in [-0.2, -0.15) is 0 Å². The van der Waals surface area contributed by atoms with Crippen LogP contribution in [0.5, 0.6) is 0 Å². The molecule has 1 saturated carbocycles. The van der Waals surface area contributed by atoms with Crippen LogP contribution >= 0.6 is 0 Å². The van der Waals surface area contributed by atoms with E-state index >= 15 is 0 Å². The minimum atomic E-state index is -3.75. The topological polar surface area (TPSA) is 104 Å². The van der Waals surface area contributed by atoms with Crippen LogP contribution in [0.4, 0.5) is 0 Å². The number of aliphatic hydroxyl groups is 1. The predicted molar refractivity (Wildman–Crippen MR) is 76.7 cm³/mol. The second-order valence-corrected chi connectivity index (χ2v) is 7.15. The molecule has 0 saturated heterocycles. The highest BCUT2D eigenvalue weighted by Crippen LogP contribution is 2.25. The second kappa shape index (κ2) is 6.13. The van der Waals surface area contributed by atoms with Gasteiger partial charge in [0.05, 0.1) is 16.6 Å². The maximum Gasteiger partial charge on any atom is 0.335 e. The highest BCUT2D eigenvalue weighted by atomic mass is 32.2. The minimum Gasteiger partial charge on any atom is -0.478 e. The van der Waals surface area contributed by atoms with Crippen LogP contribution in [-0.4, -0.2) is 37.2 Å². The number of carboxylic acids is 1. The van der Waals surface area contributed by atoms with Gasteiger partial charge in [-0.25, -0.2) is 17.9 Å². The van der Waals surface area contributed by atoms with Gasteiger partial charge in [-0.3, -0.25) is 0 Å². The Bertz CT molecular complexity index is 641. The smallest absolute Gasteiger partial charge is 0.335 e. The van der Waals surface area contributed by atoms with Crippen molar-refractivity contribution in [1.82, 2.24) is 4.72 Å². The molecule has 21 heavy (non-hydrogen) atoms. The van der Waals surface area contributed by atoms with E-state index in [4.69, 9.17) is 5.11 Å². The molecule has 0 spiro atoms. The van der Waals surface area contributed by atoms with Gasteiger partial charge in [-0.1, -0.05) is 6.07 Å². The molecule has 6 nitrogen and oxygen atoms in total. The summed E-state index contributed by atoms with van der Waals surface area (Å²) in [6.07, 6.45) is 1.73. The van der Waals surface area contributed by atoms with Crippen molar-refractivity contribution < 1.29 is 23.4 Å². The van der Waals surface area contributed by atoms with Crippen LogP contribution in [0.2, 0.25) is 0 Å². The lowest BCUT2D eigenvalue weighted by atomic mass is 10.1. The van der Waals surface area contributed by atoms with E-state index in [0.29, 0.717) is 12.8 Å². The van der Waals surface area contributed by atoms with Gasteiger partial charge in [0, 0.05) is 6.54 Å². The zero-order valence-corrected chi connectivity index (χ0v) is 12.6. The highest BCUT2D eigenvalue weighted by Gasteiger charge is 2.26. The Balaban J connectivity index is 2.16. The fraction of sp³-hybridized carbons (Fsp3) is 0.500. The molecule has 116 valence electrons. The van der Waals surface area contributed by atoms with Crippen LogP contribution in [-0.2, 0) is 10.0 Å². The van der Waals surface area contributed by atoms with Gasteiger partial charge in [0.15, 0.2) is 0 Å². The van der Waals surface area contributed by atoms with Gasteiger partial charge in [0.2, 0.25) is 10.0 Å². The van der Waals surface area contributed by atoms with E-state index in [1.165, 1.54) is 25.1 Å². The fourth-order valence-corrected chi connectivity index (χ4v) is 4.06.